The lowest BCUT2D eigenvalue weighted by Gasteiger charge is -2.40. The largest absolute Gasteiger partial charge is 0.308 e. The monoisotopic (exact) mass is 197 g/mol. The zero-order chi connectivity index (χ0) is 11.0. The molecule has 0 aromatic carbocycles. The maximum Gasteiger partial charge on any atom is 0.171 e. The van der Waals surface area contributed by atoms with Gasteiger partial charge in [-0.1, -0.05) is 20.8 Å². The molecule has 0 aliphatic heterocycles. The normalized spacial score (nSPS) is 16.7. The van der Waals surface area contributed by atoms with Crippen molar-refractivity contribution in [2.75, 3.05) is 7.05 Å². The summed E-state index contributed by atoms with van der Waals surface area (Å²) < 4.78 is 1.71. The molecule has 0 spiro atoms. The van der Waals surface area contributed by atoms with E-state index in [2.05, 4.69) is 48.5 Å². The van der Waals surface area contributed by atoms with Crippen LogP contribution in [0.3, 0.4) is 0 Å². The van der Waals surface area contributed by atoms with Gasteiger partial charge in [0.15, 0.2) is 5.82 Å². The van der Waals surface area contributed by atoms with Gasteiger partial charge in [0, 0.05) is 7.05 Å². The van der Waals surface area contributed by atoms with Gasteiger partial charge >= 0.3 is 0 Å². The number of aromatic nitrogens is 4. The molecular weight excluding hydrogens is 178 g/mol. The first kappa shape index (κ1) is 11.1. The predicted octanol–water partition coefficient (Wildman–Crippen LogP) is 0.691. The van der Waals surface area contributed by atoms with Crippen LogP contribution in [0.2, 0.25) is 0 Å². The van der Waals surface area contributed by atoms with Crippen molar-refractivity contribution in [3.63, 3.8) is 0 Å². The second kappa shape index (κ2) is 3.31. The highest BCUT2D eigenvalue weighted by atomic mass is 15.5. The van der Waals surface area contributed by atoms with Gasteiger partial charge in [-0.2, -0.15) is 0 Å². The number of hydrogen-bond donors (Lipinski definition) is 1. The van der Waals surface area contributed by atoms with E-state index in [9.17, 15) is 0 Å². The molecular formula is C9H19N5. The molecule has 5 nitrogen and oxygen atoms in total. The molecule has 0 aliphatic carbocycles. The van der Waals surface area contributed by atoms with Gasteiger partial charge in [0.2, 0.25) is 0 Å². The van der Waals surface area contributed by atoms with Crippen molar-refractivity contribution in [2.24, 2.45) is 12.5 Å². The molecule has 0 aliphatic rings. The molecule has 1 atom stereocenters. The summed E-state index contributed by atoms with van der Waals surface area (Å²) in [6.07, 6.45) is 0. The number of nitrogens with one attached hydrogen (secondary N) is 1. The predicted molar refractivity (Wildman–Crippen MR) is 54.7 cm³/mol. The lowest BCUT2D eigenvalue weighted by molar-refractivity contribution is 0.151. The Kier molecular flexibility index (Phi) is 2.63. The van der Waals surface area contributed by atoms with E-state index in [-0.39, 0.29) is 11.0 Å². The van der Waals surface area contributed by atoms with E-state index in [0.29, 0.717) is 0 Å². The van der Waals surface area contributed by atoms with E-state index < -0.39 is 0 Å². The maximum atomic E-state index is 4.06. The summed E-state index contributed by atoms with van der Waals surface area (Å²) in [7, 11) is 3.79. The quantitative estimate of drug-likeness (QED) is 0.758. The maximum absolute atomic E-state index is 4.06. The van der Waals surface area contributed by atoms with Crippen molar-refractivity contribution in [3.8, 4) is 0 Å². The lowest BCUT2D eigenvalue weighted by Crippen LogP contribution is -2.49. The van der Waals surface area contributed by atoms with Crippen molar-refractivity contribution < 1.29 is 0 Å². The van der Waals surface area contributed by atoms with E-state index in [4.69, 9.17) is 0 Å². The molecule has 1 rings (SSSR count). The van der Waals surface area contributed by atoms with E-state index in [1.165, 1.54) is 0 Å². The number of hydrogen-bond acceptors (Lipinski definition) is 4. The van der Waals surface area contributed by atoms with Gasteiger partial charge in [-0.05, 0) is 29.8 Å². The highest BCUT2D eigenvalue weighted by Crippen LogP contribution is 2.36. The van der Waals surface area contributed by atoms with Crippen LogP contribution in [0.5, 0.6) is 0 Å². The van der Waals surface area contributed by atoms with Crippen molar-refractivity contribution >= 4 is 0 Å². The SMILES string of the molecule is CNC(C)(c1nnnn1C)C(C)(C)C. The minimum atomic E-state index is -0.231. The van der Waals surface area contributed by atoms with Gasteiger partial charge in [0.25, 0.3) is 0 Å². The fraction of sp³-hybridized carbons (Fsp3) is 0.889. The first-order chi connectivity index (χ1) is 6.33. The topological polar surface area (TPSA) is 55.6 Å². The van der Waals surface area contributed by atoms with Crippen molar-refractivity contribution in [1.29, 1.82) is 0 Å². The minimum absolute atomic E-state index is 0.0459. The molecule has 1 heterocycles. The first-order valence-corrected chi connectivity index (χ1v) is 4.74. The second-order valence-electron chi connectivity index (χ2n) is 4.75. The zero-order valence-corrected chi connectivity index (χ0v) is 9.79. The molecule has 0 radical (unpaired) electrons. The summed E-state index contributed by atoms with van der Waals surface area (Å²) in [4.78, 5) is 0. The van der Waals surface area contributed by atoms with Gasteiger partial charge in [-0.25, -0.2) is 4.68 Å². The molecule has 14 heavy (non-hydrogen) atoms. The summed E-state index contributed by atoms with van der Waals surface area (Å²) in [5.41, 5.74) is -0.185. The third-order valence-corrected chi connectivity index (χ3v) is 3.07. The fourth-order valence-corrected chi connectivity index (χ4v) is 1.48. The molecule has 0 amide bonds. The summed E-state index contributed by atoms with van der Waals surface area (Å²) in [5.74, 6) is 0.854. The van der Waals surface area contributed by atoms with Crippen LogP contribution in [-0.4, -0.2) is 27.3 Å². The van der Waals surface area contributed by atoms with Crippen LogP contribution < -0.4 is 5.32 Å². The van der Waals surface area contributed by atoms with E-state index >= 15 is 0 Å². The van der Waals surface area contributed by atoms with Crippen LogP contribution in [-0.2, 0) is 12.6 Å². The van der Waals surface area contributed by atoms with Gasteiger partial charge in [-0.3, -0.25) is 0 Å². The second-order valence-corrected chi connectivity index (χ2v) is 4.75. The number of tetrazole rings is 1. The summed E-state index contributed by atoms with van der Waals surface area (Å²) in [5, 5.41) is 14.9. The van der Waals surface area contributed by atoms with Crippen LogP contribution in [0.15, 0.2) is 0 Å². The minimum Gasteiger partial charge on any atom is -0.308 e. The molecule has 0 saturated carbocycles. The van der Waals surface area contributed by atoms with Crippen molar-refractivity contribution in [2.45, 2.75) is 33.2 Å². The van der Waals surface area contributed by atoms with Crippen molar-refractivity contribution in [3.05, 3.63) is 5.82 Å². The summed E-state index contributed by atoms with van der Waals surface area (Å²) in [6, 6.07) is 0. The third-order valence-electron chi connectivity index (χ3n) is 3.07. The van der Waals surface area contributed by atoms with Crippen LogP contribution in [0, 0.1) is 5.41 Å². The number of rotatable bonds is 2. The first-order valence-electron chi connectivity index (χ1n) is 4.74. The molecule has 0 bridgehead atoms. The van der Waals surface area contributed by atoms with Crippen LogP contribution in [0.1, 0.15) is 33.5 Å². The lowest BCUT2D eigenvalue weighted by atomic mass is 9.74. The summed E-state index contributed by atoms with van der Waals surface area (Å²) in [6.45, 7) is 8.60. The Morgan fingerprint density at radius 2 is 1.79 bits per heavy atom. The Hall–Kier alpha value is -0.970. The van der Waals surface area contributed by atoms with Gasteiger partial charge in [0.1, 0.15) is 0 Å². The highest BCUT2D eigenvalue weighted by molar-refractivity contribution is 5.07. The highest BCUT2D eigenvalue weighted by Gasteiger charge is 2.41. The standard InChI is InChI=1S/C9H19N5/c1-8(2,3)9(4,10-5)7-11-12-13-14(7)6/h10H,1-6H3. The van der Waals surface area contributed by atoms with E-state index in [1.807, 2.05) is 14.1 Å². The Balaban J connectivity index is 3.22. The molecule has 0 fully saturated rings. The molecule has 1 unspecified atom stereocenters. The molecule has 0 saturated heterocycles. The van der Waals surface area contributed by atoms with E-state index in [1.54, 1.807) is 4.68 Å². The van der Waals surface area contributed by atoms with Crippen molar-refractivity contribution in [1.82, 2.24) is 25.5 Å². The molecule has 1 aromatic heterocycles. The number of aryl methyl sites for hydroxylation is 1. The Morgan fingerprint density at radius 3 is 2.07 bits per heavy atom. The van der Waals surface area contributed by atoms with Gasteiger partial charge in [0.05, 0.1) is 5.54 Å². The molecule has 80 valence electrons. The van der Waals surface area contributed by atoms with Gasteiger partial charge in [-0.15, -0.1) is 5.10 Å². The molecule has 5 heteroatoms. The number of nitrogens with zero attached hydrogens (tertiary/aromatic N) is 4. The zero-order valence-electron chi connectivity index (χ0n) is 9.79. The average Bonchev–Trinajstić information content (AvgIpc) is 2.48. The Morgan fingerprint density at radius 1 is 1.21 bits per heavy atom. The Bertz CT molecular complexity index is 311. The summed E-state index contributed by atoms with van der Waals surface area (Å²) >= 11 is 0. The fourth-order valence-electron chi connectivity index (χ4n) is 1.48. The van der Waals surface area contributed by atoms with Crippen LogP contribution in [0.4, 0.5) is 0 Å². The molecule has 1 N–H and O–H groups in total. The van der Waals surface area contributed by atoms with Crippen LogP contribution >= 0.6 is 0 Å². The van der Waals surface area contributed by atoms with Gasteiger partial charge < -0.3 is 5.32 Å². The smallest absolute Gasteiger partial charge is 0.171 e. The Labute approximate surface area is 84.9 Å². The molecule has 1 aromatic rings. The van der Waals surface area contributed by atoms with E-state index in [0.717, 1.165) is 5.82 Å². The average molecular weight is 197 g/mol. The van der Waals surface area contributed by atoms with Crippen LogP contribution in [0.25, 0.3) is 0 Å². The third kappa shape index (κ3) is 1.52.